The molecule has 0 aliphatic carbocycles. The highest BCUT2D eigenvalue weighted by molar-refractivity contribution is 6.31. The average Bonchev–Trinajstić information content (AvgIpc) is 3.15. The van der Waals surface area contributed by atoms with E-state index in [1.807, 2.05) is 38.1 Å². The number of carbonyl (C=O) groups is 1. The molecule has 4 aromatic rings. The molecule has 160 valence electrons. The fourth-order valence-electron chi connectivity index (χ4n) is 3.58. The van der Waals surface area contributed by atoms with Gasteiger partial charge >= 0.3 is 5.95 Å². The van der Waals surface area contributed by atoms with Gasteiger partial charge in [0.05, 0.1) is 23.3 Å². The number of nitrogens with one attached hydrogen (secondary N) is 1. The number of nitrogens with two attached hydrogens (primary N) is 1. The van der Waals surface area contributed by atoms with E-state index in [2.05, 4.69) is 25.1 Å². The van der Waals surface area contributed by atoms with Crippen LogP contribution in [0, 0.1) is 20.4 Å². The largest absolute Gasteiger partial charge is 0.396 e. The molecule has 4 rings (SSSR count). The lowest BCUT2D eigenvalue weighted by atomic mass is 10.1. The fraction of sp³-hybridized carbons (Fsp3) is 0.174. The molecule has 0 aliphatic rings. The minimum absolute atomic E-state index is 0.140. The summed E-state index contributed by atoms with van der Waals surface area (Å²) in [5.41, 5.74) is 10.3. The molecule has 0 fully saturated rings. The maximum absolute atomic E-state index is 12.7. The standard InChI is InChI=1S/C23H20ClN7O/c1-13-6-21(25)29-14(2)18(13)10-28-22(32)20-12-31(23(26-3)30-20)11-15-4-5-19-16(7-15)8-17(24)9-27-19/h4-9,12H,10-11H2,1-2H3,(H2,25,29)(H,28,32). The molecule has 0 saturated heterocycles. The second-order valence-electron chi connectivity index (χ2n) is 7.46. The Labute approximate surface area is 189 Å². The Hall–Kier alpha value is -3.96. The van der Waals surface area contributed by atoms with Gasteiger partial charge in [-0.1, -0.05) is 17.7 Å². The number of anilines is 1. The van der Waals surface area contributed by atoms with Gasteiger partial charge in [-0.05, 0) is 54.8 Å². The Kier molecular flexibility index (Phi) is 5.75. The number of fused-ring (bicyclic) bond motifs is 1. The summed E-state index contributed by atoms with van der Waals surface area (Å²) in [7, 11) is 0. The number of rotatable bonds is 5. The van der Waals surface area contributed by atoms with E-state index < -0.39 is 0 Å². The Balaban J connectivity index is 1.53. The molecular formula is C23H20ClN7O. The van der Waals surface area contributed by atoms with Crippen LogP contribution in [0.4, 0.5) is 11.8 Å². The first-order valence-corrected chi connectivity index (χ1v) is 10.2. The number of benzene rings is 1. The fourth-order valence-corrected chi connectivity index (χ4v) is 3.75. The van der Waals surface area contributed by atoms with Crippen molar-refractivity contribution in [1.29, 1.82) is 0 Å². The van der Waals surface area contributed by atoms with Crippen LogP contribution in [0.1, 0.15) is 32.9 Å². The van der Waals surface area contributed by atoms with Crippen LogP contribution in [0.5, 0.6) is 0 Å². The predicted molar refractivity (Wildman–Crippen MR) is 124 cm³/mol. The van der Waals surface area contributed by atoms with E-state index in [0.29, 0.717) is 23.9 Å². The van der Waals surface area contributed by atoms with Crippen molar-refractivity contribution in [2.45, 2.75) is 26.9 Å². The molecule has 8 nitrogen and oxygen atoms in total. The average molecular weight is 446 g/mol. The maximum Gasteiger partial charge on any atom is 0.339 e. The zero-order valence-electron chi connectivity index (χ0n) is 17.6. The summed E-state index contributed by atoms with van der Waals surface area (Å²) in [6.45, 7) is 11.9. The number of nitrogen functional groups attached to an aromatic ring is 1. The molecule has 3 aromatic heterocycles. The molecule has 0 atom stereocenters. The molecule has 0 unspecified atom stereocenters. The zero-order chi connectivity index (χ0) is 22.8. The minimum Gasteiger partial charge on any atom is -0.396 e. The van der Waals surface area contributed by atoms with Crippen LogP contribution < -0.4 is 11.1 Å². The van der Waals surface area contributed by atoms with Crippen molar-refractivity contribution < 1.29 is 4.79 Å². The molecule has 32 heavy (non-hydrogen) atoms. The van der Waals surface area contributed by atoms with Gasteiger partial charge < -0.3 is 15.9 Å². The maximum atomic E-state index is 12.7. The van der Waals surface area contributed by atoms with Crippen molar-refractivity contribution >= 4 is 40.2 Å². The number of imidazole rings is 1. The minimum atomic E-state index is -0.362. The second kappa shape index (κ2) is 8.65. The van der Waals surface area contributed by atoms with Crippen LogP contribution >= 0.6 is 11.6 Å². The van der Waals surface area contributed by atoms with Crippen LogP contribution in [0.3, 0.4) is 0 Å². The van der Waals surface area contributed by atoms with Gasteiger partial charge in [-0.2, -0.15) is 0 Å². The molecule has 1 amide bonds. The van der Waals surface area contributed by atoms with E-state index in [1.165, 1.54) is 0 Å². The van der Waals surface area contributed by atoms with Gasteiger partial charge in [0.15, 0.2) is 0 Å². The van der Waals surface area contributed by atoms with E-state index in [4.69, 9.17) is 23.9 Å². The number of nitrogens with zero attached hydrogens (tertiary/aromatic N) is 5. The molecule has 0 spiro atoms. The number of hydrogen-bond acceptors (Lipinski definition) is 5. The summed E-state index contributed by atoms with van der Waals surface area (Å²) in [6.07, 6.45) is 3.19. The van der Waals surface area contributed by atoms with Crippen molar-refractivity contribution in [3.8, 4) is 0 Å². The molecule has 1 aromatic carbocycles. The first-order valence-electron chi connectivity index (χ1n) is 9.83. The van der Waals surface area contributed by atoms with E-state index in [0.717, 1.165) is 33.3 Å². The van der Waals surface area contributed by atoms with Crippen LogP contribution in [-0.4, -0.2) is 25.4 Å². The van der Waals surface area contributed by atoms with E-state index in [1.54, 1.807) is 23.0 Å². The topological polar surface area (TPSA) is 103 Å². The highest BCUT2D eigenvalue weighted by atomic mass is 35.5. The third-order valence-electron chi connectivity index (χ3n) is 5.15. The molecule has 3 N–H and O–H groups in total. The summed E-state index contributed by atoms with van der Waals surface area (Å²) in [5, 5.41) is 4.31. The lowest BCUT2D eigenvalue weighted by molar-refractivity contribution is 0.0946. The highest BCUT2D eigenvalue weighted by Gasteiger charge is 2.18. The SMILES string of the molecule is [C-]#[N+]c1nc(C(=O)NCc2c(C)cc(N)nc2C)cn1Cc1ccc2ncc(Cl)cc2c1. The predicted octanol–water partition coefficient (Wildman–Crippen LogP) is 4.21. The summed E-state index contributed by atoms with van der Waals surface area (Å²) >= 11 is 6.05. The normalized spacial score (nSPS) is 10.8. The van der Waals surface area contributed by atoms with Crippen LogP contribution in [0.2, 0.25) is 5.02 Å². The Morgan fingerprint density at radius 2 is 2.06 bits per heavy atom. The van der Waals surface area contributed by atoms with Gasteiger partial charge in [-0.25, -0.2) is 4.98 Å². The molecule has 0 radical (unpaired) electrons. The zero-order valence-corrected chi connectivity index (χ0v) is 18.3. The van der Waals surface area contributed by atoms with Crippen LogP contribution in [0.15, 0.2) is 42.7 Å². The molecule has 9 heteroatoms. The molecule has 0 aliphatic heterocycles. The number of hydrogen-bond donors (Lipinski definition) is 2. The van der Waals surface area contributed by atoms with E-state index in [-0.39, 0.29) is 17.5 Å². The van der Waals surface area contributed by atoms with Crippen LogP contribution in [0.25, 0.3) is 15.7 Å². The molecular weight excluding hydrogens is 426 g/mol. The lowest BCUT2D eigenvalue weighted by Gasteiger charge is -2.10. The van der Waals surface area contributed by atoms with Crippen molar-refractivity contribution in [2.75, 3.05) is 5.73 Å². The smallest absolute Gasteiger partial charge is 0.339 e. The first kappa shape index (κ1) is 21.3. The first-order chi connectivity index (χ1) is 15.3. The van der Waals surface area contributed by atoms with E-state index in [9.17, 15) is 4.79 Å². The van der Waals surface area contributed by atoms with Gasteiger partial charge in [0.1, 0.15) is 5.82 Å². The number of aryl methyl sites for hydroxylation is 2. The number of halogens is 1. The number of pyridine rings is 2. The summed E-state index contributed by atoms with van der Waals surface area (Å²) in [4.78, 5) is 28.9. The van der Waals surface area contributed by atoms with Crippen LogP contribution in [-0.2, 0) is 13.1 Å². The van der Waals surface area contributed by atoms with Gasteiger partial charge in [-0.15, -0.1) is 11.6 Å². The number of carbonyl (C=O) groups excluding carboxylic acids is 1. The Bertz CT molecular complexity index is 1360. The third-order valence-corrected chi connectivity index (χ3v) is 5.36. The van der Waals surface area contributed by atoms with Gasteiger partial charge in [0.25, 0.3) is 5.91 Å². The van der Waals surface area contributed by atoms with Crippen molar-refractivity contribution in [3.05, 3.63) is 87.2 Å². The highest BCUT2D eigenvalue weighted by Crippen LogP contribution is 2.21. The second-order valence-corrected chi connectivity index (χ2v) is 7.89. The summed E-state index contributed by atoms with van der Waals surface area (Å²) < 4.78 is 1.66. The van der Waals surface area contributed by atoms with Crippen molar-refractivity contribution in [2.24, 2.45) is 0 Å². The summed E-state index contributed by atoms with van der Waals surface area (Å²) in [5.74, 6) is 0.224. The quantitative estimate of drug-likeness (QED) is 0.448. The van der Waals surface area contributed by atoms with Crippen molar-refractivity contribution in [1.82, 2.24) is 24.8 Å². The Morgan fingerprint density at radius 3 is 2.81 bits per heavy atom. The van der Waals surface area contributed by atoms with Gasteiger partial charge in [-0.3, -0.25) is 14.3 Å². The number of aromatic nitrogens is 4. The summed E-state index contributed by atoms with van der Waals surface area (Å²) in [6, 6.07) is 9.39. The third kappa shape index (κ3) is 4.38. The molecule has 3 heterocycles. The van der Waals surface area contributed by atoms with Crippen molar-refractivity contribution in [3.63, 3.8) is 0 Å². The Morgan fingerprint density at radius 1 is 1.25 bits per heavy atom. The van der Waals surface area contributed by atoms with E-state index >= 15 is 0 Å². The monoisotopic (exact) mass is 445 g/mol. The van der Waals surface area contributed by atoms with Gasteiger partial charge in [0.2, 0.25) is 5.69 Å². The van der Waals surface area contributed by atoms with Gasteiger partial charge in [0, 0.05) is 23.8 Å². The molecule has 0 bridgehead atoms. The lowest BCUT2D eigenvalue weighted by Crippen LogP contribution is -2.24. The number of amides is 1. The molecule has 0 saturated carbocycles.